The Morgan fingerprint density at radius 1 is 0.688 bits per heavy atom. The first-order valence-corrected chi connectivity index (χ1v) is 10.4. The molecule has 0 saturated heterocycles. The predicted octanol–water partition coefficient (Wildman–Crippen LogP) is 4.05. The number of nitrogens with one attached hydrogen (secondary N) is 1. The monoisotopic (exact) mass is 431 g/mol. The molecule has 164 valence electrons. The lowest BCUT2D eigenvalue weighted by molar-refractivity contribution is -0.148. The summed E-state index contributed by atoms with van der Waals surface area (Å²) in [5.41, 5.74) is 2.12. The van der Waals surface area contributed by atoms with Crippen molar-refractivity contribution in [1.82, 2.24) is 5.32 Å². The normalized spacial score (nSPS) is 11.2. The number of carbonyl (C=O) groups excluding carboxylic acids is 3. The van der Waals surface area contributed by atoms with Gasteiger partial charge in [0.2, 0.25) is 0 Å². The van der Waals surface area contributed by atoms with Gasteiger partial charge in [0.05, 0.1) is 0 Å². The van der Waals surface area contributed by atoms with Crippen LogP contribution < -0.4 is 5.32 Å². The van der Waals surface area contributed by atoms with Crippen LogP contribution in [0.1, 0.15) is 34.3 Å². The van der Waals surface area contributed by atoms with Gasteiger partial charge in [-0.3, -0.25) is 9.59 Å². The number of carbonyl (C=O) groups is 3. The summed E-state index contributed by atoms with van der Waals surface area (Å²) in [6.45, 7) is 0.231. The van der Waals surface area contributed by atoms with Crippen molar-refractivity contribution in [3.05, 3.63) is 108 Å². The zero-order valence-electron chi connectivity index (χ0n) is 17.6. The molecule has 0 saturated carbocycles. The molecule has 0 bridgehead atoms. The minimum atomic E-state index is -0.976. The van der Waals surface area contributed by atoms with E-state index in [2.05, 4.69) is 5.32 Å². The first kappa shape index (κ1) is 22.7. The Morgan fingerprint density at radius 2 is 1.19 bits per heavy atom. The van der Waals surface area contributed by atoms with Crippen molar-refractivity contribution in [3.8, 4) is 0 Å². The van der Waals surface area contributed by atoms with Gasteiger partial charge in [0.15, 0.2) is 0 Å². The van der Waals surface area contributed by atoms with Crippen LogP contribution in [0.5, 0.6) is 0 Å². The average molecular weight is 431 g/mol. The molecule has 0 aliphatic rings. The van der Waals surface area contributed by atoms with Gasteiger partial charge in [-0.2, -0.15) is 0 Å². The summed E-state index contributed by atoms with van der Waals surface area (Å²) in [4.78, 5) is 37.4. The van der Waals surface area contributed by atoms with Crippen molar-refractivity contribution < 1.29 is 23.9 Å². The van der Waals surface area contributed by atoms with Crippen molar-refractivity contribution in [2.24, 2.45) is 0 Å². The van der Waals surface area contributed by atoms with Gasteiger partial charge in [-0.25, -0.2) is 4.79 Å². The second kappa shape index (κ2) is 12.1. The van der Waals surface area contributed by atoms with Gasteiger partial charge in [-0.05, 0) is 29.7 Å². The molecule has 0 radical (unpaired) electrons. The fourth-order valence-corrected chi connectivity index (χ4v) is 2.98. The first-order chi connectivity index (χ1) is 15.6. The fourth-order valence-electron chi connectivity index (χ4n) is 2.98. The van der Waals surface area contributed by atoms with E-state index in [1.165, 1.54) is 0 Å². The van der Waals surface area contributed by atoms with Crippen LogP contribution in [0, 0.1) is 0 Å². The summed E-state index contributed by atoms with van der Waals surface area (Å²) in [6.07, 6.45) is 0.0346. The quantitative estimate of drug-likeness (QED) is 0.490. The maximum atomic E-state index is 12.7. The van der Waals surface area contributed by atoms with Crippen molar-refractivity contribution in [2.75, 3.05) is 0 Å². The smallest absolute Gasteiger partial charge is 0.328 e. The second-order valence-electron chi connectivity index (χ2n) is 7.17. The molecule has 3 aromatic rings. The Balaban J connectivity index is 1.57. The third-order valence-electron chi connectivity index (χ3n) is 4.73. The van der Waals surface area contributed by atoms with E-state index in [0.29, 0.717) is 5.56 Å². The molecule has 3 aromatic carbocycles. The zero-order valence-corrected chi connectivity index (χ0v) is 17.6. The summed E-state index contributed by atoms with van der Waals surface area (Å²) in [5, 5.41) is 2.68. The Labute approximate surface area is 187 Å². The summed E-state index contributed by atoms with van der Waals surface area (Å²) in [5.74, 6) is -1.47. The average Bonchev–Trinajstić information content (AvgIpc) is 2.85. The third kappa shape index (κ3) is 7.40. The van der Waals surface area contributed by atoms with Gasteiger partial charge in [-0.15, -0.1) is 0 Å². The molecular formula is C26H25NO5. The number of rotatable bonds is 10. The van der Waals surface area contributed by atoms with Gasteiger partial charge in [-0.1, -0.05) is 78.9 Å². The fraction of sp³-hybridized carbons (Fsp3) is 0.192. The van der Waals surface area contributed by atoms with Gasteiger partial charge < -0.3 is 14.8 Å². The molecular weight excluding hydrogens is 406 g/mol. The van der Waals surface area contributed by atoms with Crippen molar-refractivity contribution >= 4 is 17.8 Å². The van der Waals surface area contributed by atoms with Crippen molar-refractivity contribution in [1.29, 1.82) is 0 Å². The molecule has 0 heterocycles. The summed E-state index contributed by atoms with van der Waals surface area (Å²) < 4.78 is 10.7. The maximum Gasteiger partial charge on any atom is 0.328 e. The van der Waals surface area contributed by atoms with Crippen molar-refractivity contribution in [2.45, 2.75) is 32.1 Å². The lowest BCUT2D eigenvalue weighted by Crippen LogP contribution is -2.42. The van der Waals surface area contributed by atoms with Crippen molar-refractivity contribution in [3.63, 3.8) is 0 Å². The molecule has 0 fully saturated rings. The van der Waals surface area contributed by atoms with Crippen LogP contribution in [0.25, 0.3) is 0 Å². The molecule has 0 unspecified atom stereocenters. The minimum Gasteiger partial charge on any atom is -0.461 e. The van der Waals surface area contributed by atoms with Crippen LogP contribution in [0.3, 0.4) is 0 Å². The van der Waals surface area contributed by atoms with Gasteiger partial charge in [0, 0.05) is 12.0 Å². The zero-order chi connectivity index (χ0) is 22.6. The summed E-state index contributed by atoms with van der Waals surface area (Å²) in [7, 11) is 0. The van der Waals surface area contributed by atoms with Crippen LogP contribution in [0.2, 0.25) is 0 Å². The highest BCUT2D eigenvalue weighted by molar-refractivity contribution is 5.96. The lowest BCUT2D eigenvalue weighted by Gasteiger charge is -2.18. The van der Waals surface area contributed by atoms with E-state index in [0.717, 1.165) is 11.1 Å². The predicted molar refractivity (Wildman–Crippen MR) is 119 cm³/mol. The van der Waals surface area contributed by atoms with Gasteiger partial charge in [0.1, 0.15) is 19.3 Å². The van der Waals surface area contributed by atoms with Gasteiger partial charge >= 0.3 is 11.9 Å². The van der Waals surface area contributed by atoms with Gasteiger partial charge in [0.25, 0.3) is 5.91 Å². The number of hydrogen-bond acceptors (Lipinski definition) is 5. The number of benzene rings is 3. The summed E-state index contributed by atoms with van der Waals surface area (Å²) in [6, 6.07) is 26.2. The van der Waals surface area contributed by atoms with Crippen LogP contribution in [0.4, 0.5) is 0 Å². The highest BCUT2D eigenvalue weighted by Gasteiger charge is 2.24. The molecule has 1 amide bonds. The van der Waals surface area contributed by atoms with Crippen LogP contribution in [-0.4, -0.2) is 23.9 Å². The highest BCUT2D eigenvalue weighted by atomic mass is 16.5. The number of ether oxygens (including phenoxy) is 2. The molecule has 1 N–H and O–H groups in total. The molecule has 0 aliphatic heterocycles. The van der Waals surface area contributed by atoms with Crippen LogP contribution in [0.15, 0.2) is 91.0 Å². The third-order valence-corrected chi connectivity index (χ3v) is 4.73. The van der Waals surface area contributed by atoms with E-state index in [4.69, 9.17) is 9.47 Å². The lowest BCUT2D eigenvalue weighted by atomic mass is 10.1. The number of amides is 1. The van der Waals surface area contributed by atoms with Crippen LogP contribution >= 0.6 is 0 Å². The van der Waals surface area contributed by atoms with E-state index >= 15 is 0 Å². The molecule has 0 aromatic heterocycles. The molecule has 0 aliphatic carbocycles. The Bertz CT molecular complexity index is 1010. The number of esters is 2. The first-order valence-electron chi connectivity index (χ1n) is 10.4. The topological polar surface area (TPSA) is 81.7 Å². The Hall–Kier alpha value is -3.93. The SMILES string of the molecule is O=C(CC[C@H](NC(=O)c1ccccc1)C(=O)OCc1ccccc1)OCc1ccccc1. The van der Waals surface area contributed by atoms with E-state index in [9.17, 15) is 14.4 Å². The van der Waals surface area contributed by atoms with E-state index in [-0.39, 0.29) is 26.1 Å². The molecule has 1 atom stereocenters. The highest BCUT2D eigenvalue weighted by Crippen LogP contribution is 2.09. The molecule has 6 nitrogen and oxygen atoms in total. The summed E-state index contributed by atoms with van der Waals surface area (Å²) >= 11 is 0. The molecule has 32 heavy (non-hydrogen) atoms. The largest absolute Gasteiger partial charge is 0.461 e. The number of hydrogen-bond donors (Lipinski definition) is 1. The molecule has 0 spiro atoms. The van der Waals surface area contributed by atoms with E-state index in [1.807, 2.05) is 60.7 Å². The molecule has 3 rings (SSSR count). The molecule has 6 heteroatoms. The van der Waals surface area contributed by atoms with E-state index < -0.39 is 23.9 Å². The second-order valence-corrected chi connectivity index (χ2v) is 7.17. The maximum absolute atomic E-state index is 12.7. The Morgan fingerprint density at radius 3 is 1.75 bits per heavy atom. The minimum absolute atomic E-state index is 0.0347. The van der Waals surface area contributed by atoms with E-state index in [1.54, 1.807) is 30.3 Å². The standard InChI is InChI=1S/C26H25NO5/c28-24(31-18-20-10-4-1-5-11-20)17-16-23(27-25(29)22-14-8-3-9-15-22)26(30)32-19-21-12-6-2-7-13-21/h1-15,23H,16-19H2,(H,27,29)/t23-/m0/s1. The Kier molecular flexibility index (Phi) is 8.57. The van der Waals surface area contributed by atoms with Crippen LogP contribution in [-0.2, 0) is 32.3 Å².